The highest BCUT2D eigenvalue weighted by Gasteiger charge is 2.15. The molecule has 2 N–H and O–H groups in total. The fourth-order valence-corrected chi connectivity index (χ4v) is 4.87. The maximum Gasteiger partial charge on any atom is 0.225 e. The van der Waals surface area contributed by atoms with Gasteiger partial charge in [-0.1, -0.05) is 108 Å². The van der Waals surface area contributed by atoms with Crippen molar-refractivity contribution in [3.8, 4) is 22.5 Å². The van der Waals surface area contributed by atoms with E-state index >= 15 is 0 Å². The number of fused-ring (bicyclic) bond motifs is 1. The van der Waals surface area contributed by atoms with Gasteiger partial charge in [0.2, 0.25) is 5.91 Å². The molecule has 0 aliphatic rings. The highest BCUT2D eigenvalue weighted by molar-refractivity contribution is 7.99. The molecule has 1 aromatic heterocycles. The molecule has 0 fully saturated rings. The molecule has 0 spiro atoms. The molecule has 0 aliphatic carbocycles. The van der Waals surface area contributed by atoms with Gasteiger partial charge in [-0.2, -0.15) is 0 Å². The first-order valence-electron chi connectivity index (χ1n) is 11.7. The van der Waals surface area contributed by atoms with Gasteiger partial charge in [0.25, 0.3) is 0 Å². The number of rotatable bonds is 7. The molecule has 0 bridgehead atoms. The van der Waals surface area contributed by atoms with Gasteiger partial charge in [-0.3, -0.25) is 4.79 Å². The number of amides is 1. The SMILES string of the molecule is Cc1ccc(-c2nc(SCCC(=O)Nc3cccc4ccccc34)[nH]c2-c2ccc(C)cc2)cc1. The Morgan fingerprint density at radius 2 is 1.49 bits per heavy atom. The number of hydrogen-bond acceptors (Lipinski definition) is 3. The number of anilines is 1. The van der Waals surface area contributed by atoms with Crippen LogP contribution in [0, 0.1) is 13.8 Å². The van der Waals surface area contributed by atoms with Gasteiger partial charge in [0.05, 0.1) is 11.4 Å². The third-order valence-corrected chi connectivity index (χ3v) is 6.85. The first-order chi connectivity index (χ1) is 17.1. The van der Waals surface area contributed by atoms with E-state index in [1.54, 1.807) is 11.8 Å². The topological polar surface area (TPSA) is 57.8 Å². The van der Waals surface area contributed by atoms with Gasteiger partial charge in [0, 0.05) is 34.4 Å². The molecule has 0 radical (unpaired) electrons. The van der Waals surface area contributed by atoms with Crippen molar-refractivity contribution in [2.75, 3.05) is 11.1 Å². The summed E-state index contributed by atoms with van der Waals surface area (Å²) in [5.41, 5.74) is 7.37. The Labute approximate surface area is 209 Å². The lowest BCUT2D eigenvalue weighted by Crippen LogP contribution is -2.12. The van der Waals surface area contributed by atoms with Crippen LogP contribution in [0.25, 0.3) is 33.3 Å². The molecule has 1 heterocycles. The summed E-state index contributed by atoms with van der Waals surface area (Å²) in [6.45, 7) is 4.17. The smallest absolute Gasteiger partial charge is 0.225 e. The number of carbonyl (C=O) groups excluding carboxylic acids is 1. The van der Waals surface area contributed by atoms with Crippen molar-refractivity contribution >= 4 is 34.1 Å². The van der Waals surface area contributed by atoms with Gasteiger partial charge < -0.3 is 10.3 Å². The average molecular weight is 478 g/mol. The van der Waals surface area contributed by atoms with E-state index in [4.69, 9.17) is 4.98 Å². The van der Waals surface area contributed by atoms with Crippen LogP contribution in [-0.4, -0.2) is 21.6 Å². The lowest BCUT2D eigenvalue weighted by atomic mass is 10.0. The van der Waals surface area contributed by atoms with E-state index in [2.05, 4.69) is 84.8 Å². The zero-order valence-electron chi connectivity index (χ0n) is 19.8. The van der Waals surface area contributed by atoms with E-state index in [9.17, 15) is 4.79 Å². The molecule has 1 amide bonds. The van der Waals surface area contributed by atoms with Gasteiger partial charge in [-0.25, -0.2) is 4.98 Å². The van der Waals surface area contributed by atoms with Crippen molar-refractivity contribution in [1.29, 1.82) is 0 Å². The number of nitrogens with one attached hydrogen (secondary N) is 2. The second-order valence-electron chi connectivity index (χ2n) is 8.67. The number of aromatic amines is 1. The third-order valence-electron chi connectivity index (χ3n) is 5.98. The second-order valence-corrected chi connectivity index (χ2v) is 9.75. The molecule has 0 atom stereocenters. The van der Waals surface area contributed by atoms with Gasteiger partial charge >= 0.3 is 0 Å². The van der Waals surface area contributed by atoms with E-state index in [0.29, 0.717) is 12.2 Å². The summed E-state index contributed by atoms with van der Waals surface area (Å²) in [6, 6.07) is 30.9. The molecular weight excluding hydrogens is 450 g/mol. The van der Waals surface area contributed by atoms with Crippen LogP contribution in [0.15, 0.2) is 96.2 Å². The minimum absolute atomic E-state index is 0.00192. The fourth-order valence-electron chi connectivity index (χ4n) is 4.06. The van der Waals surface area contributed by atoms with E-state index in [-0.39, 0.29) is 5.91 Å². The predicted octanol–water partition coefficient (Wildman–Crippen LogP) is 7.63. The molecule has 5 heteroatoms. The molecule has 0 saturated heterocycles. The Balaban J connectivity index is 1.31. The average Bonchev–Trinajstić information content (AvgIpc) is 3.29. The number of carbonyl (C=O) groups is 1. The molecule has 174 valence electrons. The minimum Gasteiger partial charge on any atom is -0.332 e. The van der Waals surface area contributed by atoms with Crippen LogP contribution in [0.3, 0.4) is 0 Å². The third kappa shape index (κ3) is 5.31. The Morgan fingerprint density at radius 1 is 0.829 bits per heavy atom. The minimum atomic E-state index is -0.00192. The lowest BCUT2D eigenvalue weighted by Gasteiger charge is -2.08. The van der Waals surface area contributed by atoms with Gasteiger partial charge in [-0.05, 0) is 25.3 Å². The molecule has 35 heavy (non-hydrogen) atoms. The largest absolute Gasteiger partial charge is 0.332 e. The summed E-state index contributed by atoms with van der Waals surface area (Å²) in [4.78, 5) is 21.1. The summed E-state index contributed by atoms with van der Waals surface area (Å²) in [5.74, 6) is 0.628. The monoisotopic (exact) mass is 477 g/mol. The molecular formula is C30H27N3OS. The zero-order valence-corrected chi connectivity index (χ0v) is 20.7. The first-order valence-corrected chi connectivity index (χ1v) is 12.7. The van der Waals surface area contributed by atoms with Gasteiger partial charge in [0.15, 0.2) is 5.16 Å². The molecule has 0 saturated carbocycles. The summed E-state index contributed by atoms with van der Waals surface area (Å²) < 4.78 is 0. The maximum absolute atomic E-state index is 12.7. The fraction of sp³-hybridized carbons (Fsp3) is 0.133. The van der Waals surface area contributed by atoms with Crippen molar-refractivity contribution in [2.24, 2.45) is 0 Å². The molecule has 5 aromatic rings. The number of thioether (sulfide) groups is 1. The summed E-state index contributed by atoms with van der Waals surface area (Å²) >= 11 is 1.57. The second kappa shape index (κ2) is 10.2. The maximum atomic E-state index is 12.7. The molecule has 0 aliphatic heterocycles. The van der Waals surface area contributed by atoms with Crippen molar-refractivity contribution in [3.63, 3.8) is 0 Å². The van der Waals surface area contributed by atoms with E-state index < -0.39 is 0 Å². The molecule has 0 unspecified atom stereocenters. The quantitative estimate of drug-likeness (QED) is 0.237. The standard InChI is InChI=1S/C30H27N3OS/c1-20-10-14-23(15-11-20)28-29(24-16-12-21(2)13-17-24)33-30(32-28)35-19-18-27(34)31-26-9-5-7-22-6-3-4-8-25(22)26/h3-17H,18-19H2,1-2H3,(H,31,34)(H,32,33). The van der Waals surface area contributed by atoms with Crippen molar-refractivity contribution in [1.82, 2.24) is 9.97 Å². The number of benzene rings is 4. The molecule has 5 rings (SSSR count). The van der Waals surface area contributed by atoms with Crippen LogP contribution in [0.1, 0.15) is 17.5 Å². The van der Waals surface area contributed by atoms with Crippen molar-refractivity contribution in [2.45, 2.75) is 25.4 Å². The van der Waals surface area contributed by atoms with Crippen LogP contribution in [0.5, 0.6) is 0 Å². The van der Waals surface area contributed by atoms with E-state index in [1.807, 2.05) is 30.3 Å². The first kappa shape index (κ1) is 22.9. The summed E-state index contributed by atoms with van der Waals surface area (Å²) in [5, 5.41) is 6.04. The summed E-state index contributed by atoms with van der Waals surface area (Å²) in [7, 11) is 0. The number of aryl methyl sites for hydroxylation is 2. The highest BCUT2D eigenvalue weighted by atomic mass is 32.2. The van der Waals surface area contributed by atoms with Crippen LogP contribution >= 0.6 is 11.8 Å². The van der Waals surface area contributed by atoms with Crippen LogP contribution < -0.4 is 5.32 Å². The number of aromatic nitrogens is 2. The predicted molar refractivity (Wildman–Crippen MR) is 147 cm³/mol. The van der Waals surface area contributed by atoms with Gasteiger partial charge in [0.1, 0.15) is 0 Å². The van der Waals surface area contributed by atoms with E-state index in [0.717, 1.165) is 44.1 Å². The molecule has 4 nitrogen and oxygen atoms in total. The Bertz CT molecular complexity index is 1400. The van der Waals surface area contributed by atoms with Crippen LogP contribution in [0.2, 0.25) is 0 Å². The summed E-state index contributed by atoms with van der Waals surface area (Å²) in [6.07, 6.45) is 0.397. The van der Waals surface area contributed by atoms with Crippen molar-refractivity contribution < 1.29 is 4.79 Å². The van der Waals surface area contributed by atoms with Crippen LogP contribution in [-0.2, 0) is 4.79 Å². The number of hydrogen-bond donors (Lipinski definition) is 2. The number of H-pyrrole nitrogens is 1. The zero-order chi connectivity index (χ0) is 24.2. The highest BCUT2D eigenvalue weighted by Crippen LogP contribution is 2.33. The van der Waals surface area contributed by atoms with E-state index in [1.165, 1.54) is 11.1 Å². The Hall–Kier alpha value is -3.83. The number of imidazole rings is 1. The normalized spacial score (nSPS) is 11.0. The molecule has 4 aromatic carbocycles. The lowest BCUT2D eigenvalue weighted by molar-refractivity contribution is -0.115. The number of nitrogens with zero attached hydrogens (tertiary/aromatic N) is 1. The Morgan fingerprint density at radius 3 is 2.23 bits per heavy atom. The van der Waals surface area contributed by atoms with Crippen molar-refractivity contribution in [3.05, 3.63) is 102 Å². The van der Waals surface area contributed by atoms with Gasteiger partial charge in [-0.15, -0.1) is 0 Å². The Kier molecular flexibility index (Phi) is 6.68. The van der Waals surface area contributed by atoms with Crippen LogP contribution in [0.4, 0.5) is 5.69 Å².